The zero-order valence-electron chi connectivity index (χ0n) is 19.6. The van der Waals surface area contributed by atoms with Crippen molar-refractivity contribution in [3.05, 3.63) is 23.5 Å². The molecule has 2 atom stereocenters. The SMILES string of the molecule is O=C(O)CCCCCCC/C=C\CCCCCCCCC1=C(O)C(=O)O[C@H]1[C@@H](O)CO.[Na]. The summed E-state index contributed by atoms with van der Waals surface area (Å²) in [4.78, 5) is 21.9. The van der Waals surface area contributed by atoms with Gasteiger partial charge in [-0.05, 0) is 44.9 Å². The van der Waals surface area contributed by atoms with E-state index < -0.39 is 36.5 Å². The second-order valence-electron chi connectivity index (χ2n) is 8.28. The van der Waals surface area contributed by atoms with Crippen LogP contribution in [0.4, 0.5) is 0 Å². The van der Waals surface area contributed by atoms with Crippen molar-refractivity contribution in [2.75, 3.05) is 6.61 Å². The second kappa shape index (κ2) is 19.6. The smallest absolute Gasteiger partial charge is 0.374 e. The number of carbonyl (C=O) groups is 2. The minimum absolute atomic E-state index is 0. The van der Waals surface area contributed by atoms with Gasteiger partial charge in [0.25, 0.3) is 0 Å². The number of aliphatic hydroxyl groups is 3. The Morgan fingerprint density at radius 3 is 1.94 bits per heavy atom. The number of allylic oxidation sites excluding steroid dienone is 2. The van der Waals surface area contributed by atoms with Crippen LogP contribution in [0, 0.1) is 0 Å². The molecule has 0 aliphatic carbocycles. The number of hydrogen-bond donors (Lipinski definition) is 4. The van der Waals surface area contributed by atoms with Crippen LogP contribution in [0.3, 0.4) is 0 Å². The number of ether oxygens (including phenoxy) is 1. The molecule has 0 saturated heterocycles. The minimum atomic E-state index is -1.19. The molecule has 4 N–H and O–H groups in total. The van der Waals surface area contributed by atoms with Gasteiger partial charge >= 0.3 is 11.9 Å². The Morgan fingerprint density at radius 2 is 1.41 bits per heavy atom. The van der Waals surface area contributed by atoms with Gasteiger partial charge in [-0.15, -0.1) is 0 Å². The maximum atomic E-state index is 11.5. The van der Waals surface area contributed by atoms with Crippen molar-refractivity contribution in [2.45, 2.75) is 109 Å². The average Bonchev–Trinajstić information content (AvgIpc) is 3.03. The molecule has 0 aromatic carbocycles. The summed E-state index contributed by atoms with van der Waals surface area (Å²) in [5.74, 6) is -1.94. The molecule has 1 aliphatic rings. The van der Waals surface area contributed by atoms with E-state index in [-0.39, 0.29) is 36.0 Å². The van der Waals surface area contributed by atoms with Crippen LogP contribution in [0.25, 0.3) is 0 Å². The van der Waals surface area contributed by atoms with Crippen molar-refractivity contribution in [1.29, 1.82) is 0 Å². The average molecular weight is 464 g/mol. The van der Waals surface area contributed by atoms with Crippen LogP contribution in [0.2, 0.25) is 0 Å². The van der Waals surface area contributed by atoms with Gasteiger partial charge in [0, 0.05) is 41.6 Å². The quantitative estimate of drug-likeness (QED) is 0.0980. The molecule has 0 aromatic heterocycles. The topological polar surface area (TPSA) is 124 Å². The van der Waals surface area contributed by atoms with Gasteiger partial charge in [-0.3, -0.25) is 4.79 Å². The van der Waals surface area contributed by atoms with Gasteiger partial charge in [0.2, 0.25) is 5.76 Å². The second-order valence-corrected chi connectivity index (χ2v) is 8.28. The van der Waals surface area contributed by atoms with E-state index in [9.17, 15) is 19.8 Å². The van der Waals surface area contributed by atoms with Crippen molar-refractivity contribution in [1.82, 2.24) is 0 Å². The number of cyclic esters (lactones) is 1. The van der Waals surface area contributed by atoms with Crippen molar-refractivity contribution >= 4 is 41.5 Å². The van der Waals surface area contributed by atoms with Crippen molar-refractivity contribution in [3.8, 4) is 0 Å². The Kier molecular flexibility index (Phi) is 19.1. The summed E-state index contributed by atoms with van der Waals surface area (Å²) in [6.45, 7) is -0.516. The molecule has 1 aliphatic heterocycles. The van der Waals surface area contributed by atoms with Crippen LogP contribution < -0.4 is 0 Å². The molecule has 8 heteroatoms. The van der Waals surface area contributed by atoms with Crippen LogP contribution >= 0.6 is 0 Å². The van der Waals surface area contributed by atoms with Gasteiger partial charge < -0.3 is 25.2 Å². The van der Waals surface area contributed by atoms with E-state index >= 15 is 0 Å². The van der Waals surface area contributed by atoms with Crippen molar-refractivity contribution in [3.63, 3.8) is 0 Å². The standard InChI is InChI=1S/C24H40O7.Na/c25-18-20(26)23-19(22(29)24(30)31-23)16-14-12-10-8-6-4-2-1-3-5-7-9-11-13-15-17-21(27)28;/h1,3,20,23,25-26,29H,2,4-18H2,(H,27,28);/b3-1-;/t20-,23+;/m0./s1. The molecule has 1 heterocycles. The normalized spacial score (nSPS) is 16.9. The molecule has 1 radical (unpaired) electrons. The van der Waals surface area contributed by atoms with Crippen LogP contribution in [0.15, 0.2) is 23.5 Å². The van der Waals surface area contributed by atoms with Crippen LogP contribution in [-0.4, -0.2) is 80.7 Å². The number of rotatable bonds is 19. The Balaban J connectivity index is 0.00000961. The van der Waals surface area contributed by atoms with Gasteiger partial charge in [-0.2, -0.15) is 0 Å². The molecule has 0 fully saturated rings. The van der Waals surface area contributed by atoms with Crippen molar-refractivity contribution in [2.24, 2.45) is 0 Å². The van der Waals surface area contributed by atoms with E-state index in [1.54, 1.807) is 0 Å². The maximum absolute atomic E-state index is 11.5. The molecule has 0 saturated carbocycles. The van der Waals surface area contributed by atoms with Gasteiger partial charge in [0.1, 0.15) is 6.10 Å². The fourth-order valence-corrected chi connectivity index (χ4v) is 3.76. The van der Waals surface area contributed by atoms with Crippen molar-refractivity contribution < 1.29 is 34.8 Å². The Morgan fingerprint density at radius 1 is 0.906 bits per heavy atom. The third kappa shape index (κ3) is 13.6. The number of aliphatic hydroxyl groups excluding tert-OH is 3. The number of carbonyl (C=O) groups excluding carboxylic acids is 1. The summed E-state index contributed by atoms with van der Waals surface area (Å²) in [7, 11) is 0. The summed E-state index contributed by atoms with van der Waals surface area (Å²) in [6.07, 6.45) is 17.0. The molecule has 7 nitrogen and oxygen atoms in total. The molecular weight excluding hydrogens is 423 g/mol. The van der Waals surface area contributed by atoms with E-state index in [1.807, 2.05) is 0 Å². The Bertz CT molecular complexity index is 589. The summed E-state index contributed by atoms with van der Waals surface area (Å²) in [6, 6.07) is 0. The Hall–Kier alpha value is -0.860. The van der Waals surface area contributed by atoms with Gasteiger partial charge in [-0.25, -0.2) is 4.79 Å². The largest absolute Gasteiger partial charge is 0.502 e. The van der Waals surface area contributed by atoms with Crippen LogP contribution in [0.1, 0.15) is 96.3 Å². The fraction of sp³-hybridized carbons (Fsp3) is 0.750. The van der Waals surface area contributed by atoms with E-state index in [2.05, 4.69) is 12.2 Å². The molecule has 0 aromatic rings. The third-order valence-corrected chi connectivity index (χ3v) is 5.61. The monoisotopic (exact) mass is 463 g/mol. The zero-order valence-corrected chi connectivity index (χ0v) is 21.6. The first-order valence-corrected chi connectivity index (χ1v) is 11.8. The van der Waals surface area contributed by atoms with E-state index in [0.29, 0.717) is 12.0 Å². The van der Waals surface area contributed by atoms with Gasteiger partial charge in [0.15, 0.2) is 6.10 Å². The molecule has 32 heavy (non-hydrogen) atoms. The summed E-state index contributed by atoms with van der Waals surface area (Å²) >= 11 is 0. The molecule has 0 unspecified atom stereocenters. The van der Waals surface area contributed by atoms with E-state index in [1.165, 1.54) is 25.7 Å². The number of esters is 1. The predicted octanol–water partition coefficient (Wildman–Crippen LogP) is 4.19. The van der Waals surface area contributed by atoms with Crippen LogP contribution in [0.5, 0.6) is 0 Å². The van der Waals surface area contributed by atoms with Crippen LogP contribution in [-0.2, 0) is 14.3 Å². The first-order chi connectivity index (χ1) is 15.0. The number of aliphatic carboxylic acids is 1. The number of unbranched alkanes of at least 4 members (excludes halogenated alkanes) is 11. The van der Waals surface area contributed by atoms with Gasteiger partial charge in [0.05, 0.1) is 6.61 Å². The number of carboxylic acid groups (broad SMARTS) is 1. The fourth-order valence-electron chi connectivity index (χ4n) is 3.76. The third-order valence-electron chi connectivity index (χ3n) is 5.61. The minimum Gasteiger partial charge on any atom is -0.502 e. The summed E-state index contributed by atoms with van der Waals surface area (Å²) < 4.78 is 4.93. The first kappa shape index (κ1) is 31.1. The summed E-state index contributed by atoms with van der Waals surface area (Å²) in [5, 5.41) is 37.1. The molecule has 1 rings (SSSR count). The predicted molar refractivity (Wildman–Crippen MR) is 124 cm³/mol. The van der Waals surface area contributed by atoms with E-state index in [4.69, 9.17) is 14.9 Å². The number of carboxylic acids is 1. The first-order valence-electron chi connectivity index (χ1n) is 11.8. The molecular formula is C24H40NaO7. The Labute approximate surface area is 214 Å². The summed E-state index contributed by atoms with van der Waals surface area (Å²) in [5.41, 5.74) is 0.400. The maximum Gasteiger partial charge on any atom is 0.374 e. The van der Waals surface area contributed by atoms with E-state index in [0.717, 1.165) is 57.8 Å². The molecule has 0 spiro atoms. The molecule has 0 bridgehead atoms. The van der Waals surface area contributed by atoms with Gasteiger partial charge in [-0.1, -0.05) is 57.1 Å². The molecule has 179 valence electrons. The molecule has 0 amide bonds. The zero-order chi connectivity index (χ0) is 22.9. The number of hydrogen-bond acceptors (Lipinski definition) is 6.